The Morgan fingerprint density at radius 1 is 0.426 bits per heavy atom. The van der Waals surface area contributed by atoms with Gasteiger partial charge in [0.2, 0.25) is 6.29 Å². The highest BCUT2D eigenvalue weighted by atomic mass is 16.8. The van der Waals surface area contributed by atoms with Gasteiger partial charge in [-0.1, -0.05) is 82.2 Å². The first-order valence-electron chi connectivity index (χ1n) is 34.8. The van der Waals surface area contributed by atoms with Crippen molar-refractivity contribution in [2.45, 2.75) is 294 Å². The zero-order valence-corrected chi connectivity index (χ0v) is 59.2. The molecule has 9 rings (SSSR count). The van der Waals surface area contributed by atoms with Crippen LogP contribution in [0.1, 0.15) is 189 Å². The summed E-state index contributed by atoms with van der Waals surface area (Å²) < 4.78 is 104. The van der Waals surface area contributed by atoms with Gasteiger partial charge in [0.15, 0.2) is 43.5 Å². The molecular formula is C71H110O23. The lowest BCUT2D eigenvalue weighted by Crippen LogP contribution is -2.65. The largest absolute Gasteiger partial charge is 0.463 e. The fourth-order valence-electron chi connectivity index (χ4n) is 18.3. The summed E-state index contributed by atoms with van der Waals surface area (Å²) in [5, 5.41) is 0. The van der Waals surface area contributed by atoms with Crippen LogP contribution >= 0.6 is 0 Å². The number of hydrogen-bond acceptors (Lipinski definition) is 23. The second kappa shape index (κ2) is 29.2. The molecule has 0 amide bonds. The third-order valence-corrected chi connectivity index (χ3v) is 24.7. The van der Waals surface area contributed by atoms with E-state index in [1.807, 2.05) is 83.1 Å². The van der Waals surface area contributed by atoms with Crippen LogP contribution in [0, 0.1) is 81.3 Å². The predicted molar refractivity (Wildman–Crippen MR) is 335 cm³/mol. The van der Waals surface area contributed by atoms with Crippen molar-refractivity contribution in [3.05, 3.63) is 12.2 Å². The maximum Gasteiger partial charge on any atom is 0.314 e. The van der Waals surface area contributed by atoms with E-state index in [4.69, 9.17) is 82.4 Å². The number of rotatable bonds is 19. The van der Waals surface area contributed by atoms with E-state index in [0.717, 1.165) is 24.8 Å². The summed E-state index contributed by atoms with van der Waals surface area (Å²) in [4.78, 5) is 91.2. The van der Waals surface area contributed by atoms with Crippen molar-refractivity contribution >= 4 is 41.8 Å². The van der Waals surface area contributed by atoms with E-state index < -0.39 is 145 Å². The van der Waals surface area contributed by atoms with Gasteiger partial charge >= 0.3 is 41.8 Å². The van der Waals surface area contributed by atoms with Crippen LogP contribution in [0.15, 0.2) is 12.2 Å². The molecular weight excluding hydrogens is 1220 g/mol. The Labute approximate surface area is 555 Å². The molecule has 31 atom stereocenters. The van der Waals surface area contributed by atoms with Crippen LogP contribution < -0.4 is 0 Å². The van der Waals surface area contributed by atoms with E-state index in [0.29, 0.717) is 38.5 Å². The van der Waals surface area contributed by atoms with Gasteiger partial charge in [-0.25, -0.2) is 0 Å². The number of esters is 7. The normalized spacial score (nSPS) is 46.8. The molecule has 1 spiro atoms. The highest BCUT2D eigenvalue weighted by Crippen LogP contribution is 2.74. The lowest BCUT2D eigenvalue weighted by Gasteiger charge is -2.64. The Bertz CT molecular complexity index is 2760. The van der Waals surface area contributed by atoms with E-state index in [2.05, 4.69) is 6.92 Å². The van der Waals surface area contributed by atoms with Crippen LogP contribution in [0.3, 0.4) is 0 Å². The Kier molecular flexibility index (Phi) is 23.0. The molecule has 23 heteroatoms. The van der Waals surface area contributed by atoms with Gasteiger partial charge in [0.1, 0.15) is 38.1 Å². The van der Waals surface area contributed by atoms with Gasteiger partial charge in [0, 0.05) is 65.2 Å². The molecule has 12 unspecified atom stereocenters. The smallest absolute Gasteiger partial charge is 0.314 e. The molecule has 0 aromatic heterocycles. The molecule has 532 valence electrons. The zero-order valence-electron chi connectivity index (χ0n) is 59.2. The van der Waals surface area contributed by atoms with E-state index in [9.17, 15) is 28.8 Å². The maximum atomic E-state index is 15.6. The summed E-state index contributed by atoms with van der Waals surface area (Å²) in [5.74, 6) is -5.61. The average molecular weight is 1330 g/mol. The van der Waals surface area contributed by atoms with Crippen molar-refractivity contribution in [1.82, 2.24) is 0 Å². The topological polar surface area (TPSA) is 267 Å². The van der Waals surface area contributed by atoms with Gasteiger partial charge < -0.3 is 75.8 Å². The van der Waals surface area contributed by atoms with E-state index in [1.54, 1.807) is 0 Å². The maximum absolute atomic E-state index is 15.6. The Balaban J connectivity index is 1.03. The van der Waals surface area contributed by atoms with Gasteiger partial charge in [0.05, 0.1) is 41.5 Å². The van der Waals surface area contributed by atoms with Gasteiger partial charge in [-0.2, -0.15) is 0 Å². The van der Waals surface area contributed by atoms with Gasteiger partial charge in [-0.15, -0.1) is 0 Å². The lowest BCUT2D eigenvalue weighted by molar-refractivity contribution is -0.388. The molecule has 0 aromatic rings. The number of fused-ring (bicyclic) bond motifs is 3. The molecule has 23 nitrogen and oxygen atoms in total. The van der Waals surface area contributed by atoms with E-state index in [-0.39, 0.29) is 102 Å². The summed E-state index contributed by atoms with van der Waals surface area (Å²) >= 11 is 0. The lowest BCUT2D eigenvalue weighted by atomic mass is 9.41. The van der Waals surface area contributed by atoms with Crippen molar-refractivity contribution in [2.75, 3.05) is 19.8 Å². The first kappa shape index (κ1) is 73.9. The number of carbonyl (C=O) groups is 7. The van der Waals surface area contributed by atoms with Crippen molar-refractivity contribution in [2.24, 2.45) is 81.3 Å². The molecule has 0 aromatic carbocycles. The first-order valence-corrected chi connectivity index (χ1v) is 34.8. The summed E-state index contributed by atoms with van der Waals surface area (Å²) in [7, 11) is 0. The van der Waals surface area contributed by atoms with Gasteiger partial charge in [-0.05, 0) is 130 Å². The summed E-state index contributed by atoms with van der Waals surface area (Å²) in [6, 6.07) is 0. The van der Waals surface area contributed by atoms with Crippen LogP contribution in [-0.4, -0.2) is 166 Å². The van der Waals surface area contributed by atoms with Crippen molar-refractivity contribution in [3.8, 4) is 0 Å². The molecule has 0 radical (unpaired) electrons. The molecule has 9 aliphatic rings. The predicted octanol–water partition coefficient (Wildman–Crippen LogP) is 9.67. The molecule has 4 aliphatic carbocycles. The molecule has 2 bridgehead atoms. The van der Waals surface area contributed by atoms with Crippen LogP contribution in [-0.2, 0) is 109 Å². The number of ether oxygens (including phenoxy) is 16. The molecule has 94 heavy (non-hydrogen) atoms. The highest BCUT2D eigenvalue weighted by molar-refractivity contribution is 5.77. The fraction of sp³-hybridized carbons (Fsp3) is 0.873. The molecule has 0 N–H and O–H groups in total. The molecule has 9 fully saturated rings. The van der Waals surface area contributed by atoms with Crippen LogP contribution in [0.4, 0.5) is 0 Å². The molecule has 5 heterocycles. The minimum Gasteiger partial charge on any atom is -0.463 e. The fourth-order valence-corrected chi connectivity index (χ4v) is 18.3. The quantitative estimate of drug-likeness (QED) is 0.0504. The van der Waals surface area contributed by atoms with E-state index >= 15 is 4.79 Å². The summed E-state index contributed by atoms with van der Waals surface area (Å²) in [5.41, 5.74) is -1.73. The van der Waals surface area contributed by atoms with Crippen LogP contribution in [0.5, 0.6) is 0 Å². The Morgan fingerprint density at radius 3 is 1.33 bits per heavy atom. The molecule has 5 aliphatic heterocycles. The van der Waals surface area contributed by atoms with Gasteiger partial charge in [0.25, 0.3) is 0 Å². The molecule has 5 saturated heterocycles. The summed E-state index contributed by atoms with van der Waals surface area (Å²) in [6.07, 6.45) is -8.20. The standard InChI is InChI=1S/C71H110O23/c1-33-28-70-26-22-54-68(19,24-21-25-69(54,20)67(78)93-65-60(41(9)37(5)52(88-65)30-80-46(14)73)91-62-57(84-48(16)75)38(6)34(2)43(11)82-62)55(70)23-27-71(33,32-70)94-66-61(92-63-58(85-49(17)76)39(7)35(3)44(12)83-63)56(42(10)53(89-66)31-81-47(15)74)90-64-59(86-50(18)77)40(8)36(4)51(87-64)29-79-45(13)72/h34-44,51-66H,1,21-32H2,2-20H3/t34-,35-,36+,37+,38+,39+,40+,41+,42-,43?,44?,51?,52?,53?,54?,55+,56+,57?,58?,59?,60?,61?,62+,63+,64+,65+,66+,68-,69-,70-,71?/m1/s1. The highest BCUT2D eigenvalue weighted by Gasteiger charge is 2.70. The van der Waals surface area contributed by atoms with E-state index in [1.165, 1.54) is 41.5 Å². The van der Waals surface area contributed by atoms with Crippen molar-refractivity contribution in [3.63, 3.8) is 0 Å². The third-order valence-electron chi connectivity index (χ3n) is 24.7. The third kappa shape index (κ3) is 14.8. The SMILES string of the molecule is C=C1C[C@@]23CCC4[C@](C)(C(=O)O[C@@H]5OC(COC(C)=O)[C@@H](C)[C@H](C)C5O[C@@H]5OC(C)[C@H](C)[C@H](C)C5OC(C)=O)CCC[C@@]4(C)[C@@H]2CCC1(O[C@@H]1OC(COC(C)=O)[C@@H](C)[C@H](O[C@@H]2OC(COC(C)=O)[C@@H](C)[C@H](C)C2OC(C)=O)C1O[C@@H]1OC(C)[C@H](C)[C@H](C)C1OC(C)=O)C3. The zero-order chi connectivity index (χ0) is 69.0. The Hall–Kier alpha value is -4.33. The van der Waals surface area contributed by atoms with Crippen molar-refractivity contribution < 1.29 is 109 Å². The average Bonchev–Trinajstić information content (AvgIpc) is 1.43. The monoisotopic (exact) mass is 1330 g/mol. The minimum absolute atomic E-state index is 0.0407. The summed E-state index contributed by atoms with van der Waals surface area (Å²) in [6.45, 7) is 38.6. The number of hydrogen-bond donors (Lipinski definition) is 0. The van der Waals surface area contributed by atoms with Crippen LogP contribution in [0.2, 0.25) is 0 Å². The minimum atomic E-state index is -1.28. The second-order valence-electron chi connectivity index (χ2n) is 30.5. The van der Waals surface area contributed by atoms with Crippen molar-refractivity contribution in [1.29, 1.82) is 0 Å². The van der Waals surface area contributed by atoms with Gasteiger partial charge in [-0.3, -0.25) is 33.6 Å². The first-order chi connectivity index (χ1) is 44.0. The van der Waals surface area contributed by atoms with Crippen LogP contribution in [0.25, 0.3) is 0 Å². The Morgan fingerprint density at radius 2 is 0.840 bits per heavy atom. The molecule has 4 saturated carbocycles. The second-order valence-corrected chi connectivity index (χ2v) is 30.5. The number of carbonyl (C=O) groups excluding carboxylic acids is 7.